The van der Waals surface area contributed by atoms with Crippen molar-refractivity contribution in [1.29, 1.82) is 0 Å². The second kappa shape index (κ2) is 7.38. The third-order valence-electron chi connectivity index (χ3n) is 2.35. The molecule has 1 aromatic rings. The Bertz CT molecular complexity index is 408. The summed E-state index contributed by atoms with van der Waals surface area (Å²) in [6.45, 7) is 5.63. The Morgan fingerprint density at radius 1 is 1.50 bits per heavy atom. The van der Waals surface area contributed by atoms with E-state index in [1.54, 1.807) is 12.1 Å². The molecule has 1 rings (SSSR count). The smallest absolute Gasteiger partial charge is 0.253 e. The molecule has 0 aliphatic rings. The quantitative estimate of drug-likeness (QED) is 0.759. The molecule has 0 aliphatic heterocycles. The molecule has 0 saturated carbocycles. The number of hydrogen-bond acceptors (Lipinski definition) is 3. The fourth-order valence-corrected chi connectivity index (χ4v) is 2.05. The first-order valence-electron chi connectivity index (χ1n) is 5.97. The molecular weight excluding hydrogens is 296 g/mol. The van der Waals surface area contributed by atoms with Crippen molar-refractivity contribution >= 4 is 21.8 Å². The maximum Gasteiger partial charge on any atom is 0.253 e. The lowest BCUT2D eigenvalue weighted by Crippen LogP contribution is -2.25. The van der Waals surface area contributed by atoms with Crippen LogP contribution in [0.5, 0.6) is 5.75 Å². The largest absolute Gasteiger partial charge is 0.493 e. The second-order valence-corrected chi connectivity index (χ2v) is 5.14. The van der Waals surface area contributed by atoms with Crippen molar-refractivity contribution in [2.75, 3.05) is 13.2 Å². The number of nitrogens with one attached hydrogen (secondary N) is 1. The van der Waals surface area contributed by atoms with Crippen molar-refractivity contribution in [3.63, 3.8) is 0 Å². The van der Waals surface area contributed by atoms with Crippen LogP contribution < -0.4 is 15.8 Å². The van der Waals surface area contributed by atoms with Gasteiger partial charge >= 0.3 is 0 Å². The number of primary amides is 1. The first-order valence-corrected chi connectivity index (χ1v) is 6.76. The van der Waals surface area contributed by atoms with Crippen molar-refractivity contribution in [3.8, 4) is 5.75 Å². The number of carbonyl (C=O) groups is 1. The van der Waals surface area contributed by atoms with E-state index in [4.69, 9.17) is 10.5 Å². The normalized spacial score (nSPS) is 10.7. The van der Waals surface area contributed by atoms with Crippen molar-refractivity contribution in [2.24, 2.45) is 5.73 Å². The van der Waals surface area contributed by atoms with Gasteiger partial charge in [-0.25, -0.2) is 0 Å². The fourth-order valence-electron chi connectivity index (χ4n) is 1.51. The zero-order chi connectivity index (χ0) is 13.5. The predicted molar refractivity (Wildman–Crippen MR) is 75.9 cm³/mol. The first-order chi connectivity index (χ1) is 8.52. The summed E-state index contributed by atoms with van der Waals surface area (Å²) in [5.41, 5.74) is 5.72. The summed E-state index contributed by atoms with van der Waals surface area (Å²) in [5.74, 6) is 0.0409. The van der Waals surface area contributed by atoms with Crippen LogP contribution in [-0.4, -0.2) is 25.1 Å². The predicted octanol–water partition coefficient (Wildman–Crippen LogP) is 2.31. The van der Waals surface area contributed by atoms with Crippen molar-refractivity contribution in [2.45, 2.75) is 26.3 Å². The number of rotatable bonds is 7. The van der Waals surface area contributed by atoms with E-state index in [0.717, 1.165) is 13.0 Å². The van der Waals surface area contributed by atoms with E-state index in [9.17, 15) is 4.79 Å². The first kappa shape index (κ1) is 15.0. The van der Waals surface area contributed by atoms with Crippen LogP contribution in [0.25, 0.3) is 0 Å². The van der Waals surface area contributed by atoms with Crippen molar-refractivity contribution in [1.82, 2.24) is 5.32 Å². The van der Waals surface area contributed by atoms with Crippen LogP contribution in [0.1, 0.15) is 30.6 Å². The third kappa shape index (κ3) is 4.66. The molecule has 0 bridgehead atoms. The van der Waals surface area contributed by atoms with E-state index in [1.807, 2.05) is 6.07 Å². The Hall–Kier alpha value is -1.07. The number of halogens is 1. The third-order valence-corrected chi connectivity index (χ3v) is 3.01. The van der Waals surface area contributed by atoms with Gasteiger partial charge in [0.15, 0.2) is 0 Å². The summed E-state index contributed by atoms with van der Waals surface area (Å²) in [4.78, 5) is 11.3. The van der Waals surface area contributed by atoms with Crippen LogP contribution in [0.4, 0.5) is 0 Å². The highest BCUT2D eigenvalue weighted by Gasteiger charge is 2.12. The Morgan fingerprint density at radius 2 is 2.22 bits per heavy atom. The fraction of sp³-hybridized carbons (Fsp3) is 0.462. The van der Waals surface area contributed by atoms with Crippen LogP contribution >= 0.6 is 15.9 Å². The van der Waals surface area contributed by atoms with Crippen molar-refractivity contribution in [3.05, 3.63) is 28.2 Å². The van der Waals surface area contributed by atoms with Gasteiger partial charge in [0, 0.05) is 10.5 Å². The van der Waals surface area contributed by atoms with Crippen LogP contribution in [-0.2, 0) is 0 Å². The van der Waals surface area contributed by atoms with Crippen LogP contribution in [0.3, 0.4) is 0 Å². The van der Waals surface area contributed by atoms with Gasteiger partial charge in [0.05, 0.1) is 12.2 Å². The highest BCUT2D eigenvalue weighted by Crippen LogP contribution is 2.26. The van der Waals surface area contributed by atoms with Crippen molar-refractivity contribution < 1.29 is 9.53 Å². The molecule has 1 aromatic carbocycles. The molecule has 5 heteroatoms. The van der Waals surface area contributed by atoms with Crippen LogP contribution in [0, 0.1) is 0 Å². The Labute approximate surface area is 116 Å². The average Bonchev–Trinajstić information content (AvgIpc) is 2.27. The van der Waals surface area contributed by atoms with E-state index in [1.165, 1.54) is 0 Å². The molecule has 0 atom stereocenters. The van der Waals surface area contributed by atoms with Gasteiger partial charge in [0.1, 0.15) is 5.75 Å². The topological polar surface area (TPSA) is 64.3 Å². The summed E-state index contributed by atoms with van der Waals surface area (Å²) < 4.78 is 6.25. The molecule has 0 saturated heterocycles. The monoisotopic (exact) mass is 314 g/mol. The zero-order valence-corrected chi connectivity index (χ0v) is 12.3. The summed E-state index contributed by atoms with van der Waals surface area (Å²) in [6.07, 6.45) is 0.878. The molecule has 3 N–H and O–H groups in total. The van der Waals surface area contributed by atoms with E-state index in [-0.39, 0.29) is 0 Å². The lowest BCUT2D eigenvalue weighted by atomic mass is 10.2. The lowest BCUT2D eigenvalue weighted by molar-refractivity contribution is 0.0995. The van der Waals surface area contributed by atoms with Crippen LogP contribution in [0.2, 0.25) is 0 Å². The lowest BCUT2D eigenvalue weighted by Gasteiger charge is -2.12. The highest BCUT2D eigenvalue weighted by atomic mass is 79.9. The number of ether oxygens (including phenoxy) is 1. The molecule has 0 radical (unpaired) electrons. The molecule has 0 heterocycles. The van der Waals surface area contributed by atoms with E-state index < -0.39 is 5.91 Å². The molecule has 100 valence electrons. The molecule has 0 unspecified atom stereocenters. The molecule has 0 aliphatic carbocycles. The van der Waals surface area contributed by atoms with Gasteiger partial charge in [-0.15, -0.1) is 0 Å². The van der Waals surface area contributed by atoms with Gasteiger partial charge in [-0.1, -0.05) is 19.9 Å². The molecule has 0 spiro atoms. The summed E-state index contributed by atoms with van der Waals surface area (Å²) in [7, 11) is 0. The summed E-state index contributed by atoms with van der Waals surface area (Å²) in [6, 6.07) is 5.81. The maximum absolute atomic E-state index is 11.3. The van der Waals surface area contributed by atoms with Gasteiger partial charge in [0.25, 0.3) is 5.91 Å². The molecule has 0 fully saturated rings. The number of amides is 1. The second-order valence-electron chi connectivity index (χ2n) is 4.29. The molecule has 0 aromatic heterocycles. The molecule has 4 nitrogen and oxygen atoms in total. The minimum atomic E-state index is -0.488. The molecule has 1 amide bonds. The van der Waals surface area contributed by atoms with E-state index in [0.29, 0.717) is 28.4 Å². The Kier molecular flexibility index (Phi) is 6.15. The van der Waals surface area contributed by atoms with E-state index >= 15 is 0 Å². The minimum absolute atomic E-state index is 0.398. The standard InChI is InChI=1S/C13H19BrN2O2/c1-9(2)16-7-4-8-18-11-6-3-5-10(14)12(11)13(15)17/h3,5-6,9,16H,4,7-8H2,1-2H3,(H2,15,17). The minimum Gasteiger partial charge on any atom is -0.493 e. The van der Waals surface area contributed by atoms with Gasteiger partial charge < -0.3 is 15.8 Å². The number of hydrogen-bond donors (Lipinski definition) is 2. The van der Waals surface area contributed by atoms with Crippen LogP contribution in [0.15, 0.2) is 22.7 Å². The van der Waals surface area contributed by atoms with Gasteiger partial charge in [-0.2, -0.15) is 0 Å². The Morgan fingerprint density at radius 3 is 2.83 bits per heavy atom. The zero-order valence-electron chi connectivity index (χ0n) is 10.7. The number of benzene rings is 1. The summed E-state index contributed by atoms with van der Waals surface area (Å²) in [5, 5.41) is 3.30. The SMILES string of the molecule is CC(C)NCCCOc1cccc(Br)c1C(N)=O. The Balaban J connectivity index is 2.52. The highest BCUT2D eigenvalue weighted by molar-refractivity contribution is 9.10. The number of nitrogens with two attached hydrogens (primary N) is 1. The molecule has 18 heavy (non-hydrogen) atoms. The summed E-state index contributed by atoms with van der Waals surface area (Å²) >= 11 is 3.30. The maximum atomic E-state index is 11.3. The number of carbonyl (C=O) groups excluding carboxylic acids is 1. The van der Waals surface area contributed by atoms with Gasteiger partial charge in [-0.3, -0.25) is 4.79 Å². The van der Waals surface area contributed by atoms with Gasteiger partial charge in [0.2, 0.25) is 0 Å². The molecular formula is C13H19BrN2O2. The average molecular weight is 315 g/mol. The van der Waals surface area contributed by atoms with E-state index in [2.05, 4.69) is 35.1 Å². The van der Waals surface area contributed by atoms with Gasteiger partial charge in [-0.05, 0) is 41.0 Å².